The minimum Gasteiger partial charge on any atom is -0.508 e. The van der Waals surface area contributed by atoms with Crippen LogP contribution in [-0.4, -0.2) is 14.9 Å². The Labute approximate surface area is 114 Å². The zero-order chi connectivity index (χ0) is 14.0. The summed E-state index contributed by atoms with van der Waals surface area (Å²) >= 11 is 0. The van der Waals surface area contributed by atoms with Crippen molar-refractivity contribution in [3.63, 3.8) is 0 Å². The van der Waals surface area contributed by atoms with E-state index in [1.807, 2.05) is 30.8 Å². The molecular formula is C15H21N3O. The zero-order valence-corrected chi connectivity index (χ0v) is 11.9. The van der Waals surface area contributed by atoms with Crippen molar-refractivity contribution in [3.8, 4) is 5.75 Å². The predicted molar refractivity (Wildman–Crippen MR) is 76.0 cm³/mol. The van der Waals surface area contributed by atoms with Gasteiger partial charge in [-0.15, -0.1) is 0 Å². The Morgan fingerprint density at radius 2 is 2.11 bits per heavy atom. The average molecular weight is 259 g/mol. The van der Waals surface area contributed by atoms with E-state index in [1.54, 1.807) is 12.1 Å². The predicted octanol–water partition coefficient (Wildman–Crippen LogP) is 2.59. The zero-order valence-electron chi connectivity index (χ0n) is 11.9. The number of hydrogen-bond donors (Lipinski definition) is 2. The molecule has 0 bridgehead atoms. The molecule has 4 heteroatoms. The van der Waals surface area contributed by atoms with Crippen LogP contribution < -0.4 is 5.32 Å². The summed E-state index contributed by atoms with van der Waals surface area (Å²) in [6.45, 7) is 6.99. The molecular weight excluding hydrogens is 238 g/mol. The number of phenols is 1. The number of aromatic hydroxyl groups is 1. The van der Waals surface area contributed by atoms with E-state index >= 15 is 0 Å². The summed E-state index contributed by atoms with van der Waals surface area (Å²) in [5.41, 5.74) is 4.58. The maximum Gasteiger partial charge on any atom is 0.115 e. The van der Waals surface area contributed by atoms with Gasteiger partial charge in [-0.2, -0.15) is 5.10 Å². The average Bonchev–Trinajstić information content (AvgIpc) is 2.61. The molecule has 1 atom stereocenters. The number of nitrogens with one attached hydrogen (secondary N) is 1. The van der Waals surface area contributed by atoms with Gasteiger partial charge in [-0.3, -0.25) is 4.68 Å². The molecule has 0 amide bonds. The Morgan fingerprint density at radius 1 is 1.37 bits per heavy atom. The standard InChI is InChI=1S/C15H21N3O/c1-10(15-11(2)17-18(4)12(15)3)16-9-13-6-5-7-14(19)8-13/h5-8,10,16,19H,9H2,1-4H3. The van der Waals surface area contributed by atoms with Crippen LogP contribution in [0.5, 0.6) is 5.75 Å². The van der Waals surface area contributed by atoms with Crippen LogP contribution in [0.1, 0.15) is 35.5 Å². The Morgan fingerprint density at radius 3 is 2.68 bits per heavy atom. The maximum absolute atomic E-state index is 9.45. The van der Waals surface area contributed by atoms with Gasteiger partial charge >= 0.3 is 0 Å². The Kier molecular flexibility index (Phi) is 3.90. The van der Waals surface area contributed by atoms with Crippen LogP contribution in [0, 0.1) is 13.8 Å². The molecule has 0 saturated heterocycles. The Balaban J connectivity index is 2.07. The first-order chi connectivity index (χ1) is 8.99. The first kappa shape index (κ1) is 13.6. The van der Waals surface area contributed by atoms with Gasteiger partial charge in [0.25, 0.3) is 0 Å². The SMILES string of the molecule is Cc1nn(C)c(C)c1C(C)NCc1cccc(O)c1. The van der Waals surface area contributed by atoms with Crippen molar-refractivity contribution in [1.82, 2.24) is 15.1 Å². The van der Waals surface area contributed by atoms with Gasteiger partial charge in [0.05, 0.1) is 5.69 Å². The Hall–Kier alpha value is -1.81. The highest BCUT2D eigenvalue weighted by molar-refractivity contribution is 5.29. The molecule has 1 aromatic carbocycles. The van der Waals surface area contributed by atoms with E-state index < -0.39 is 0 Å². The minimum atomic E-state index is 0.232. The quantitative estimate of drug-likeness (QED) is 0.887. The lowest BCUT2D eigenvalue weighted by Gasteiger charge is -2.15. The summed E-state index contributed by atoms with van der Waals surface area (Å²) < 4.78 is 1.91. The summed E-state index contributed by atoms with van der Waals surface area (Å²) in [6.07, 6.45) is 0. The molecule has 0 radical (unpaired) electrons. The summed E-state index contributed by atoms with van der Waals surface area (Å²) in [5, 5.41) is 17.4. The Bertz CT molecular complexity index is 575. The van der Waals surface area contributed by atoms with E-state index in [0.29, 0.717) is 5.75 Å². The molecule has 0 spiro atoms. The van der Waals surface area contributed by atoms with Gasteiger partial charge in [-0.1, -0.05) is 12.1 Å². The first-order valence-corrected chi connectivity index (χ1v) is 6.50. The number of aromatic nitrogens is 2. The van der Waals surface area contributed by atoms with Crippen LogP contribution in [0.15, 0.2) is 24.3 Å². The molecule has 0 aliphatic rings. The number of nitrogens with zero attached hydrogens (tertiary/aromatic N) is 2. The number of phenolic OH excluding ortho intramolecular Hbond substituents is 1. The molecule has 4 nitrogen and oxygen atoms in total. The van der Waals surface area contributed by atoms with Crippen LogP contribution in [0.4, 0.5) is 0 Å². The molecule has 1 unspecified atom stereocenters. The van der Waals surface area contributed by atoms with Gasteiger partial charge in [0.2, 0.25) is 0 Å². The minimum absolute atomic E-state index is 0.232. The second-order valence-corrected chi connectivity index (χ2v) is 4.98. The van der Waals surface area contributed by atoms with Crippen molar-refractivity contribution in [1.29, 1.82) is 0 Å². The van der Waals surface area contributed by atoms with Crippen LogP contribution in [0.3, 0.4) is 0 Å². The lowest BCUT2D eigenvalue weighted by atomic mass is 10.1. The third kappa shape index (κ3) is 2.96. The lowest BCUT2D eigenvalue weighted by Crippen LogP contribution is -2.19. The van der Waals surface area contributed by atoms with Crippen LogP contribution >= 0.6 is 0 Å². The topological polar surface area (TPSA) is 50.1 Å². The molecule has 0 fully saturated rings. The van der Waals surface area contributed by atoms with E-state index in [1.165, 1.54) is 11.3 Å². The molecule has 2 rings (SSSR count). The lowest BCUT2D eigenvalue weighted by molar-refractivity contribution is 0.473. The molecule has 19 heavy (non-hydrogen) atoms. The normalized spacial score (nSPS) is 12.6. The first-order valence-electron chi connectivity index (χ1n) is 6.50. The molecule has 1 aromatic heterocycles. The van der Waals surface area contributed by atoms with E-state index in [4.69, 9.17) is 0 Å². The van der Waals surface area contributed by atoms with Crippen LogP contribution in [-0.2, 0) is 13.6 Å². The largest absolute Gasteiger partial charge is 0.508 e. The maximum atomic E-state index is 9.45. The third-order valence-electron chi connectivity index (χ3n) is 3.52. The fraction of sp³-hybridized carbons (Fsp3) is 0.400. The number of benzene rings is 1. The van der Waals surface area contributed by atoms with E-state index in [-0.39, 0.29) is 6.04 Å². The van der Waals surface area contributed by atoms with Crippen LogP contribution in [0.25, 0.3) is 0 Å². The summed E-state index contributed by atoms with van der Waals surface area (Å²) in [6, 6.07) is 7.56. The van der Waals surface area contributed by atoms with Crippen molar-refractivity contribution in [2.75, 3.05) is 0 Å². The molecule has 0 saturated carbocycles. The van der Waals surface area contributed by atoms with Gasteiger partial charge < -0.3 is 10.4 Å². The number of hydrogen-bond acceptors (Lipinski definition) is 3. The van der Waals surface area contributed by atoms with Gasteiger partial charge in [0.1, 0.15) is 5.75 Å². The monoisotopic (exact) mass is 259 g/mol. The molecule has 0 aliphatic carbocycles. The molecule has 0 aliphatic heterocycles. The summed E-state index contributed by atoms with van der Waals surface area (Å²) in [5.74, 6) is 0.306. The second kappa shape index (κ2) is 5.45. The molecule has 1 heterocycles. The number of aryl methyl sites for hydroxylation is 2. The van der Waals surface area contributed by atoms with Gasteiger partial charge in [-0.05, 0) is 38.5 Å². The van der Waals surface area contributed by atoms with E-state index in [0.717, 1.165) is 17.8 Å². The van der Waals surface area contributed by atoms with Gasteiger partial charge in [0, 0.05) is 30.9 Å². The van der Waals surface area contributed by atoms with Gasteiger partial charge in [0.15, 0.2) is 0 Å². The van der Waals surface area contributed by atoms with Crippen molar-refractivity contribution in [2.24, 2.45) is 7.05 Å². The fourth-order valence-corrected chi connectivity index (χ4v) is 2.46. The summed E-state index contributed by atoms with van der Waals surface area (Å²) in [4.78, 5) is 0. The van der Waals surface area contributed by atoms with Crippen molar-refractivity contribution >= 4 is 0 Å². The number of rotatable bonds is 4. The third-order valence-corrected chi connectivity index (χ3v) is 3.52. The van der Waals surface area contributed by atoms with E-state index in [2.05, 4.69) is 24.3 Å². The van der Waals surface area contributed by atoms with Crippen molar-refractivity contribution in [2.45, 2.75) is 33.4 Å². The highest BCUT2D eigenvalue weighted by atomic mass is 16.3. The van der Waals surface area contributed by atoms with Crippen molar-refractivity contribution < 1.29 is 5.11 Å². The second-order valence-electron chi connectivity index (χ2n) is 4.98. The highest BCUT2D eigenvalue weighted by Crippen LogP contribution is 2.21. The fourth-order valence-electron chi connectivity index (χ4n) is 2.46. The van der Waals surface area contributed by atoms with Crippen molar-refractivity contribution in [3.05, 3.63) is 46.8 Å². The smallest absolute Gasteiger partial charge is 0.115 e. The molecule has 2 N–H and O–H groups in total. The molecule has 2 aromatic rings. The van der Waals surface area contributed by atoms with E-state index in [9.17, 15) is 5.11 Å². The highest BCUT2D eigenvalue weighted by Gasteiger charge is 2.15. The molecule has 102 valence electrons. The van der Waals surface area contributed by atoms with Crippen LogP contribution in [0.2, 0.25) is 0 Å². The van der Waals surface area contributed by atoms with Gasteiger partial charge in [-0.25, -0.2) is 0 Å². The summed E-state index contributed by atoms with van der Waals surface area (Å²) in [7, 11) is 1.97.